The molecule has 0 unspecified atom stereocenters. The van der Waals surface area contributed by atoms with Crippen molar-refractivity contribution in [2.24, 2.45) is 23.2 Å². The molecule has 27 heavy (non-hydrogen) atoms. The SMILES string of the molecule is C[C@@H]1[C@H]2C[C@@H](C[C@H]1Nc1cnn(CCC(=O)NC3CC3)c(=O)c1Br)C2(C)C. The predicted octanol–water partition coefficient (Wildman–Crippen LogP) is 3.16. The Morgan fingerprint density at radius 1 is 1.37 bits per heavy atom. The van der Waals surface area contributed by atoms with Gasteiger partial charge in [-0.1, -0.05) is 20.8 Å². The van der Waals surface area contributed by atoms with Gasteiger partial charge in [0.15, 0.2) is 0 Å². The lowest BCUT2D eigenvalue weighted by atomic mass is 9.45. The minimum Gasteiger partial charge on any atom is -0.380 e. The third-order valence-corrected chi connectivity index (χ3v) is 7.94. The van der Waals surface area contributed by atoms with Crippen molar-refractivity contribution in [2.75, 3.05) is 5.32 Å². The summed E-state index contributed by atoms with van der Waals surface area (Å²) in [6.07, 6.45) is 6.59. The number of aromatic nitrogens is 2. The Kier molecular flexibility index (Phi) is 4.85. The summed E-state index contributed by atoms with van der Waals surface area (Å²) in [6, 6.07) is 0.716. The van der Waals surface area contributed by atoms with Gasteiger partial charge in [-0.05, 0) is 64.8 Å². The van der Waals surface area contributed by atoms with Crippen molar-refractivity contribution >= 4 is 27.5 Å². The lowest BCUT2D eigenvalue weighted by Gasteiger charge is -2.62. The molecule has 0 aliphatic heterocycles. The fraction of sp³-hybridized carbons (Fsp3) is 0.750. The molecule has 2 bridgehead atoms. The number of rotatable bonds is 6. The molecule has 1 aromatic heterocycles. The number of aryl methyl sites for hydroxylation is 1. The van der Waals surface area contributed by atoms with E-state index in [1.807, 2.05) is 0 Å². The summed E-state index contributed by atoms with van der Waals surface area (Å²) in [5.41, 5.74) is 1.01. The lowest BCUT2D eigenvalue weighted by Crippen LogP contribution is -2.58. The molecule has 0 saturated heterocycles. The van der Waals surface area contributed by atoms with Crippen LogP contribution in [0.2, 0.25) is 0 Å². The molecular weight excluding hydrogens is 408 g/mol. The fourth-order valence-corrected chi connectivity index (χ4v) is 5.42. The maximum Gasteiger partial charge on any atom is 0.283 e. The van der Waals surface area contributed by atoms with Gasteiger partial charge in [-0.2, -0.15) is 5.10 Å². The molecule has 0 radical (unpaired) electrons. The Labute approximate surface area is 168 Å². The Balaban J connectivity index is 1.40. The summed E-state index contributed by atoms with van der Waals surface area (Å²) in [7, 11) is 0. The maximum atomic E-state index is 12.6. The van der Waals surface area contributed by atoms with Crippen LogP contribution in [0.3, 0.4) is 0 Å². The van der Waals surface area contributed by atoms with Crippen molar-refractivity contribution in [2.45, 2.75) is 71.5 Å². The molecule has 6 nitrogen and oxygen atoms in total. The van der Waals surface area contributed by atoms with E-state index in [9.17, 15) is 9.59 Å². The Bertz CT molecular complexity index is 802. The number of halogens is 1. The minimum absolute atomic E-state index is 0.0117. The summed E-state index contributed by atoms with van der Waals surface area (Å²) >= 11 is 3.45. The Morgan fingerprint density at radius 2 is 2.11 bits per heavy atom. The van der Waals surface area contributed by atoms with Gasteiger partial charge in [-0.25, -0.2) is 4.68 Å². The van der Waals surface area contributed by atoms with Crippen LogP contribution >= 0.6 is 15.9 Å². The van der Waals surface area contributed by atoms with Crippen molar-refractivity contribution in [1.82, 2.24) is 15.1 Å². The molecule has 4 fully saturated rings. The van der Waals surface area contributed by atoms with Crippen molar-refractivity contribution in [3.63, 3.8) is 0 Å². The average Bonchev–Trinajstić information content (AvgIpc) is 3.43. The van der Waals surface area contributed by atoms with Gasteiger partial charge < -0.3 is 10.6 Å². The predicted molar refractivity (Wildman–Crippen MR) is 109 cm³/mol. The molecule has 4 saturated carbocycles. The largest absolute Gasteiger partial charge is 0.380 e. The smallest absolute Gasteiger partial charge is 0.283 e. The van der Waals surface area contributed by atoms with E-state index in [-0.39, 0.29) is 17.9 Å². The van der Waals surface area contributed by atoms with Crippen LogP contribution in [0, 0.1) is 23.2 Å². The number of carbonyl (C=O) groups is 1. The number of anilines is 1. The van der Waals surface area contributed by atoms with Crippen molar-refractivity contribution in [3.05, 3.63) is 21.0 Å². The van der Waals surface area contributed by atoms with E-state index in [1.165, 1.54) is 11.1 Å². The van der Waals surface area contributed by atoms with E-state index < -0.39 is 0 Å². The van der Waals surface area contributed by atoms with Crippen molar-refractivity contribution in [3.8, 4) is 0 Å². The molecule has 2 N–H and O–H groups in total. The van der Waals surface area contributed by atoms with E-state index in [2.05, 4.69) is 52.4 Å². The normalized spacial score (nSPS) is 31.1. The zero-order valence-corrected chi connectivity index (χ0v) is 17.9. The number of hydrogen-bond donors (Lipinski definition) is 2. The monoisotopic (exact) mass is 436 g/mol. The van der Waals surface area contributed by atoms with Crippen molar-refractivity contribution in [1.29, 1.82) is 0 Å². The third kappa shape index (κ3) is 3.55. The van der Waals surface area contributed by atoms with Crippen LogP contribution in [0.4, 0.5) is 5.69 Å². The van der Waals surface area contributed by atoms with Crippen LogP contribution in [-0.4, -0.2) is 27.8 Å². The second-order valence-corrected chi connectivity index (χ2v) is 9.99. The molecule has 4 aliphatic rings. The number of nitrogens with zero attached hydrogens (tertiary/aromatic N) is 2. The highest BCUT2D eigenvalue weighted by Crippen LogP contribution is 2.61. The standard InChI is InChI=1S/C20H29BrN4O2/c1-11-14-8-12(20(14,2)3)9-15(11)24-16-10-22-25(19(27)18(16)21)7-6-17(26)23-13-4-5-13/h10-15,24H,4-9H2,1-3H3,(H,23,26)/t11-,12+,14-,15-/m1/s1. The first-order valence-electron chi connectivity index (χ1n) is 10.1. The van der Waals surface area contributed by atoms with Crippen LogP contribution in [0.5, 0.6) is 0 Å². The van der Waals surface area contributed by atoms with Crippen LogP contribution in [0.1, 0.15) is 52.9 Å². The highest BCUT2D eigenvalue weighted by Gasteiger charge is 2.56. The zero-order chi connectivity index (χ0) is 19.3. The average molecular weight is 437 g/mol. The molecule has 0 spiro atoms. The highest BCUT2D eigenvalue weighted by atomic mass is 79.9. The summed E-state index contributed by atoms with van der Waals surface area (Å²) in [6.45, 7) is 7.39. The summed E-state index contributed by atoms with van der Waals surface area (Å²) in [5, 5.41) is 10.8. The maximum absolute atomic E-state index is 12.6. The molecule has 4 atom stereocenters. The molecule has 5 rings (SSSR count). The van der Waals surface area contributed by atoms with E-state index >= 15 is 0 Å². The molecule has 4 aliphatic carbocycles. The second kappa shape index (κ2) is 6.90. The van der Waals surface area contributed by atoms with Gasteiger partial charge in [-0.15, -0.1) is 0 Å². The quantitative estimate of drug-likeness (QED) is 0.717. The summed E-state index contributed by atoms with van der Waals surface area (Å²) < 4.78 is 1.87. The first-order valence-corrected chi connectivity index (χ1v) is 10.9. The minimum atomic E-state index is -0.187. The molecular formula is C20H29BrN4O2. The Morgan fingerprint density at radius 3 is 2.74 bits per heavy atom. The van der Waals surface area contributed by atoms with Gasteiger partial charge in [0.25, 0.3) is 5.56 Å². The van der Waals surface area contributed by atoms with Gasteiger partial charge in [0, 0.05) is 18.5 Å². The third-order valence-electron chi connectivity index (χ3n) is 7.17. The number of fused-ring (bicyclic) bond motifs is 2. The second-order valence-electron chi connectivity index (χ2n) is 9.20. The van der Waals surface area contributed by atoms with Crippen molar-refractivity contribution < 1.29 is 4.79 Å². The first-order chi connectivity index (χ1) is 12.8. The first kappa shape index (κ1) is 19.0. The summed E-state index contributed by atoms with van der Waals surface area (Å²) in [4.78, 5) is 24.5. The van der Waals surface area contributed by atoms with Crippen LogP contribution in [0.15, 0.2) is 15.5 Å². The molecule has 1 heterocycles. The zero-order valence-electron chi connectivity index (χ0n) is 16.3. The molecule has 1 aromatic rings. The van der Waals surface area contributed by atoms with Crippen LogP contribution in [-0.2, 0) is 11.3 Å². The van der Waals surface area contributed by atoms with E-state index in [1.54, 1.807) is 6.20 Å². The van der Waals surface area contributed by atoms with Gasteiger partial charge in [0.05, 0.1) is 18.4 Å². The fourth-order valence-electron chi connectivity index (χ4n) is 5.00. The van der Waals surface area contributed by atoms with Gasteiger partial charge in [-0.3, -0.25) is 9.59 Å². The van der Waals surface area contributed by atoms with E-state index in [0.29, 0.717) is 34.4 Å². The van der Waals surface area contributed by atoms with Gasteiger partial charge >= 0.3 is 0 Å². The lowest BCUT2D eigenvalue weighted by molar-refractivity contribution is -0.121. The molecule has 7 heteroatoms. The van der Waals surface area contributed by atoms with E-state index in [0.717, 1.165) is 36.8 Å². The van der Waals surface area contributed by atoms with Gasteiger partial charge in [0.1, 0.15) is 4.47 Å². The number of carbonyl (C=O) groups excluding carboxylic acids is 1. The molecule has 0 aromatic carbocycles. The summed E-state index contributed by atoms with van der Waals surface area (Å²) in [5.74, 6) is 2.06. The topological polar surface area (TPSA) is 76.0 Å². The molecule has 1 amide bonds. The van der Waals surface area contributed by atoms with Crippen LogP contribution in [0.25, 0.3) is 0 Å². The van der Waals surface area contributed by atoms with E-state index in [4.69, 9.17) is 0 Å². The molecule has 148 valence electrons. The highest BCUT2D eigenvalue weighted by molar-refractivity contribution is 9.10. The van der Waals surface area contributed by atoms with Crippen LogP contribution < -0.4 is 16.2 Å². The number of hydrogen-bond acceptors (Lipinski definition) is 4. The van der Waals surface area contributed by atoms with Gasteiger partial charge in [0.2, 0.25) is 5.91 Å². The number of nitrogens with one attached hydrogen (secondary N) is 2. The Hall–Kier alpha value is -1.37. The number of amides is 1.